The van der Waals surface area contributed by atoms with Crippen LogP contribution in [0.3, 0.4) is 0 Å². The molecule has 6 aromatic rings. The Balaban J connectivity index is 1.49. The molecular weight excluding hydrogens is 460 g/mol. The molecule has 37 heavy (non-hydrogen) atoms. The Kier molecular flexibility index (Phi) is 4.81. The van der Waals surface area contributed by atoms with Gasteiger partial charge in [0.25, 0.3) is 5.56 Å². The number of pyridine rings is 3. The predicted molar refractivity (Wildman–Crippen MR) is 145 cm³/mol. The molecular formula is C30H24N6O. The summed E-state index contributed by atoms with van der Waals surface area (Å²) < 4.78 is 1.90. The van der Waals surface area contributed by atoms with Gasteiger partial charge in [0.1, 0.15) is 6.33 Å². The summed E-state index contributed by atoms with van der Waals surface area (Å²) in [5.41, 5.74) is 14.7. The summed E-state index contributed by atoms with van der Waals surface area (Å²) in [5.74, 6) is 0. The Morgan fingerprint density at radius 1 is 0.865 bits per heavy atom. The van der Waals surface area contributed by atoms with Gasteiger partial charge in [0.05, 0.1) is 22.3 Å². The fourth-order valence-electron chi connectivity index (χ4n) is 5.31. The second-order valence-electron chi connectivity index (χ2n) is 9.74. The minimum atomic E-state index is -0.213. The molecule has 0 aliphatic heterocycles. The van der Waals surface area contributed by atoms with E-state index in [2.05, 4.69) is 57.6 Å². The molecule has 1 aliphatic rings. The Bertz CT molecular complexity index is 1830. The van der Waals surface area contributed by atoms with E-state index in [1.807, 2.05) is 28.7 Å². The summed E-state index contributed by atoms with van der Waals surface area (Å²) >= 11 is 0. The van der Waals surface area contributed by atoms with Gasteiger partial charge in [-0.3, -0.25) is 9.20 Å². The molecule has 2 aromatic carbocycles. The molecule has 0 spiro atoms. The second kappa shape index (κ2) is 8.21. The third-order valence-electron chi connectivity index (χ3n) is 7.53. The van der Waals surface area contributed by atoms with Crippen LogP contribution in [0.5, 0.6) is 0 Å². The van der Waals surface area contributed by atoms with E-state index >= 15 is 0 Å². The van der Waals surface area contributed by atoms with E-state index < -0.39 is 0 Å². The lowest BCUT2D eigenvalue weighted by molar-refractivity contribution is 0.253. The number of hydrogen-bond acceptors (Lipinski definition) is 5. The summed E-state index contributed by atoms with van der Waals surface area (Å²) in [4.78, 5) is 20.6. The number of nitrogens with one attached hydrogen (secondary N) is 1. The number of hydrogen-bond donors (Lipinski definition) is 2. The number of nitrogens with zero attached hydrogens (tertiary/aromatic N) is 4. The van der Waals surface area contributed by atoms with Crippen LogP contribution in [0.25, 0.3) is 50.2 Å². The first-order chi connectivity index (χ1) is 18.1. The lowest BCUT2D eigenvalue weighted by Gasteiger charge is -2.38. The highest BCUT2D eigenvalue weighted by atomic mass is 16.1. The minimum absolute atomic E-state index is 0.185. The van der Waals surface area contributed by atoms with E-state index in [4.69, 9.17) is 10.7 Å². The van der Waals surface area contributed by atoms with Crippen molar-refractivity contribution in [1.29, 1.82) is 0 Å². The van der Waals surface area contributed by atoms with E-state index in [9.17, 15) is 4.79 Å². The summed E-state index contributed by atoms with van der Waals surface area (Å²) in [6.45, 7) is 0. The molecule has 3 N–H and O–H groups in total. The number of aromatic amines is 1. The van der Waals surface area contributed by atoms with E-state index in [0.29, 0.717) is 16.8 Å². The van der Waals surface area contributed by atoms with Gasteiger partial charge in [-0.05, 0) is 54.7 Å². The fraction of sp³-hybridized carbons (Fsp3) is 0.133. The number of rotatable bonds is 4. The quantitative estimate of drug-likeness (QED) is 0.353. The first kappa shape index (κ1) is 21.6. The highest BCUT2D eigenvalue weighted by Crippen LogP contribution is 2.40. The average Bonchev–Trinajstić information content (AvgIpc) is 3.42. The third kappa shape index (κ3) is 3.47. The Morgan fingerprint density at radius 2 is 1.68 bits per heavy atom. The van der Waals surface area contributed by atoms with Crippen LogP contribution in [-0.4, -0.2) is 24.6 Å². The molecule has 0 amide bonds. The van der Waals surface area contributed by atoms with Crippen LogP contribution in [0.1, 0.15) is 24.8 Å². The van der Waals surface area contributed by atoms with E-state index in [1.54, 1.807) is 24.7 Å². The molecule has 7 nitrogen and oxygen atoms in total. The molecule has 0 bridgehead atoms. The van der Waals surface area contributed by atoms with Crippen molar-refractivity contribution >= 4 is 16.7 Å². The van der Waals surface area contributed by atoms with Crippen molar-refractivity contribution in [2.24, 2.45) is 5.73 Å². The summed E-state index contributed by atoms with van der Waals surface area (Å²) in [6, 6.07) is 26.4. The highest BCUT2D eigenvalue weighted by Gasteiger charge is 2.34. The number of fused-ring (bicyclic) bond motifs is 3. The van der Waals surface area contributed by atoms with Gasteiger partial charge in [-0.25, -0.2) is 4.98 Å². The molecule has 0 radical (unpaired) electrons. The maximum Gasteiger partial charge on any atom is 0.255 e. The van der Waals surface area contributed by atoms with Crippen LogP contribution in [0, 0.1) is 0 Å². The van der Waals surface area contributed by atoms with Gasteiger partial charge >= 0.3 is 0 Å². The lowest BCUT2D eigenvalue weighted by atomic mass is 9.72. The van der Waals surface area contributed by atoms with Gasteiger partial charge in [0.2, 0.25) is 0 Å². The first-order valence-electron chi connectivity index (χ1n) is 12.4. The maximum atomic E-state index is 12.6. The Labute approximate surface area is 212 Å². The number of nitrogens with two attached hydrogens (primary N) is 1. The zero-order valence-electron chi connectivity index (χ0n) is 20.1. The molecule has 180 valence electrons. The molecule has 7 heteroatoms. The first-order valence-corrected chi connectivity index (χ1v) is 12.4. The Hall–Kier alpha value is -4.62. The number of H-pyrrole nitrogens is 1. The van der Waals surface area contributed by atoms with Gasteiger partial charge in [-0.15, -0.1) is 10.2 Å². The van der Waals surface area contributed by atoms with Crippen molar-refractivity contribution < 1.29 is 0 Å². The van der Waals surface area contributed by atoms with Gasteiger partial charge in [-0.2, -0.15) is 0 Å². The molecule has 0 unspecified atom stereocenters. The standard InChI is InChI=1S/C30H24N6O/c31-30(13-5-14-30)21-11-9-20(10-12-21)27-23(19-6-2-1-3-7-19)17-26-25(34-27)16-24(28-35-33-18-36(26)28)22-8-4-15-32-29(22)37/h1-4,6-12,15-18H,5,13-14,31H2,(H,32,37). The molecule has 7 rings (SSSR count). The van der Waals surface area contributed by atoms with E-state index in [1.165, 1.54) is 12.0 Å². The normalized spacial score (nSPS) is 14.6. The SMILES string of the molecule is NC1(c2ccc(-c3nc4cc(-c5ccc[nH]c5=O)c5nncn5c4cc3-c3ccccc3)cc2)CCC1. The van der Waals surface area contributed by atoms with Crippen molar-refractivity contribution in [1.82, 2.24) is 24.6 Å². The number of benzene rings is 2. The van der Waals surface area contributed by atoms with Crippen molar-refractivity contribution in [3.05, 3.63) is 107 Å². The average molecular weight is 485 g/mol. The Morgan fingerprint density at radius 3 is 2.41 bits per heavy atom. The van der Waals surface area contributed by atoms with Gasteiger partial charge in [0.15, 0.2) is 5.65 Å². The van der Waals surface area contributed by atoms with Crippen LogP contribution in [0.2, 0.25) is 0 Å². The predicted octanol–water partition coefficient (Wildman–Crippen LogP) is 5.30. The van der Waals surface area contributed by atoms with Crippen molar-refractivity contribution in [3.8, 4) is 33.5 Å². The zero-order valence-corrected chi connectivity index (χ0v) is 20.1. The van der Waals surface area contributed by atoms with Gasteiger partial charge in [0, 0.05) is 28.4 Å². The topological polar surface area (TPSA) is 102 Å². The molecule has 4 heterocycles. The van der Waals surface area contributed by atoms with E-state index in [-0.39, 0.29) is 11.1 Å². The van der Waals surface area contributed by atoms with Crippen LogP contribution < -0.4 is 11.3 Å². The monoisotopic (exact) mass is 484 g/mol. The second-order valence-corrected chi connectivity index (χ2v) is 9.74. The lowest BCUT2D eigenvalue weighted by Crippen LogP contribution is -2.43. The molecule has 1 fully saturated rings. The summed E-state index contributed by atoms with van der Waals surface area (Å²) in [6.07, 6.45) is 6.50. The van der Waals surface area contributed by atoms with Crippen LogP contribution >= 0.6 is 0 Å². The largest absolute Gasteiger partial charge is 0.329 e. The molecule has 0 saturated heterocycles. The smallest absolute Gasteiger partial charge is 0.255 e. The highest BCUT2D eigenvalue weighted by molar-refractivity contribution is 5.95. The fourth-order valence-corrected chi connectivity index (χ4v) is 5.31. The molecule has 1 aliphatic carbocycles. The summed E-state index contributed by atoms with van der Waals surface area (Å²) in [5, 5.41) is 8.49. The van der Waals surface area contributed by atoms with Crippen LogP contribution in [-0.2, 0) is 5.54 Å². The molecule has 0 atom stereocenters. The molecule has 4 aromatic heterocycles. The van der Waals surface area contributed by atoms with Crippen LogP contribution in [0.4, 0.5) is 0 Å². The van der Waals surface area contributed by atoms with Crippen molar-refractivity contribution in [3.63, 3.8) is 0 Å². The van der Waals surface area contributed by atoms with E-state index in [0.717, 1.165) is 46.3 Å². The number of aromatic nitrogens is 5. The van der Waals surface area contributed by atoms with Crippen molar-refractivity contribution in [2.45, 2.75) is 24.8 Å². The third-order valence-corrected chi connectivity index (χ3v) is 7.53. The van der Waals surface area contributed by atoms with Crippen LogP contribution in [0.15, 0.2) is 96.2 Å². The summed E-state index contributed by atoms with van der Waals surface area (Å²) in [7, 11) is 0. The zero-order chi connectivity index (χ0) is 25.0. The van der Waals surface area contributed by atoms with Crippen molar-refractivity contribution in [2.75, 3.05) is 0 Å². The molecule has 1 saturated carbocycles. The maximum absolute atomic E-state index is 12.6. The minimum Gasteiger partial charge on any atom is -0.329 e. The van der Waals surface area contributed by atoms with Gasteiger partial charge < -0.3 is 10.7 Å². The van der Waals surface area contributed by atoms with Gasteiger partial charge in [-0.1, -0.05) is 54.6 Å².